The second kappa shape index (κ2) is 7.55. The van der Waals surface area contributed by atoms with E-state index in [-0.39, 0.29) is 4.90 Å². The van der Waals surface area contributed by atoms with Crippen LogP contribution in [0.25, 0.3) is 0 Å². The molecule has 1 rings (SSSR count). The van der Waals surface area contributed by atoms with Crippen LogP contribution in [0.2, 0.25) is 0 Å². The van der Waals surface area contributed by atoms with Gasteiger partial charge in [-0.3, -0.25) is 0 Å². The molecule has 0 saturated carbocycles. The van der Waals surface area contributed by atoms with Gasteiger partial charge in [-0.15, -0.1) is 0 Å². The van der Waals surface area contributed by atoms with E-state index in [1.807, 2.05) is 13.1 Å². The van der Waals surface area contributed by atoms with Gasteiger partial charge in [0.2, 0.25) is 10.0 Å². The number of hydrogen-bond donors (Lipinski definition) is 1. The van der Waals surface area contributed by atoms with E-state index in [1.54, 1.807) is 13.0 Å². The van der Waals surface area contributed by atoms with Crippen LogP contribution in [0.5, 0.6) is 0 Å². The molecule has 0 radical (unpaired) electrons. The van der Waals surface area contributed by atoms with E-state index in [2.05, 4.69) is 23.5 Å². The zero-order valence-corrected chi connectivity index (χ0v) is 13.9. The van der Waals surface area contributed by atoms with E-state index in [4.69, 9.17) is 5.26 Å². The average Bonchev–Trinajstić information content (AvgIpc) is 2.42. The Hall–Kier alpha value is -1.42. The lowest BCUT2D eigenvalue weighted by Gasteiger charge is -2.20. The fourth-order valence-corrected chi connectivity index (χ4v) is 3.19. The van der Waals surface area contributed by atoms with Gasteiger partial charge in [-0.05, 0) is 64.5 Å². The topological polar surface area (TPSA) is 73.2 Å². The molecule has 0 bridgehead atoms. The van der Waals surface area contributed by atoms with Gasteiger partial charge < -0.3 is 4.90 Å². The zero-order chi connectivity index (χ0) is 16.0. The van der Waals surface area contributed by atoms with Gasteiger partial charge in [0, 0.05) is 12.6 Å². The minimum Gasteiger partial charge on any atom is -0.304 e. The number of nitrogens with one attached hydrogen (secondary N) is 1. The maximum Gasteiger partial charge on any atom is 0.240 e. The first kappa shape index (κ1) is 17.6. The third-order valence-electron chi connectivity index (χ3n) is 3.45. The van der Waals surface area contributed by atoms with Crippen molar-refractivity contribution < 1.29 is 8.42 Å². The Balaban J connectivity index is 2.64. The summed E-state index contributed by atoms with van der Waals surface area (Å²) in [6, 6.07) is 7.04. The molecular weight excluding hydrogens is 286 g/mol. The number of hydrogen-bond acceptors (Lipinski definition) is 4. The van der Waals surface area contributed by atoms with Crippen LogP contribution in [-0.4, -0.2) is 39.5 Å². The normalized spacial score (nSPS) is 11.9. The minimum atomic E-state index is -3.51. The largest absolute Gasteiger partial charge is 0.304 e. The van der Waals surface area contributed by atoms with Crippen LogP contribution in [0, 0.1) is 18.3 Å². The van der Waals surface area contributed by atoms with Gasteiger partial charge in [-0.25, -0.2) is 13.1 Å². The van der Waals surface area contributed by atoms with Gasteiger partial charge in [-0.1, -0.05) is 0 Å². The van der Waals surface area contributed by atoms with Crippen molar-refractivity contribution in [2.45, 2.75) is 38.1 Å². The summed E-state index contributed by atoms with van der Waals surface area (Å²) in [6.07, 6.45) is 0.753. The molecule has 1 aromatic carbocycles. The highest BCUT2D eigenvalue weighted by atomic mass is 32.2. The van der Waals surface area contributed by atoms with E-state index >= 15 is 0 Å². The molecule has 0 amide bonds. The number of rotatable bonds is 7. The highest BCUT2D eigenvalue weighted by Gasteiger charge is 2.16. The number of nitrogens with zero attached hydrogens (tertiary/aromatic N) is 2. The molecule has 0 saturated heterocycles. The maximum atomic E-state index is 12.2. The number of aryl methyl sites for hydroxylation is 1. The predicted octanol–water partition coefficient (Wildman–Crippen LogP) is 1.88. The molecule has 0 aliphatic rings. The Bertz CT molecular complexity index is 618. The number of nitriles is 1. The molecule has 116 valence electrons. The molecule has 0 unspecified atom stereocenters. The van der Waals surface area contributed by atoms with Crippen molar-refractivity contribution in [2.75, 3.05) is 20.1 Å². The molecule has 1 aromatic rings. The van der Waals surface area contributed by atoms with Gasteiger partial charge in [0.1, 0.15) is 0 Å². The molecular formula is C15H23N3O2S. The van der Waals surface area contributed by atoms with Crippen LogP contribution in [-0.2, 0) is 10.0 Å². The lowest BCUT2D eigenvalue weighted by molar-refractivity contribution is 0.271. The second-order valence-corrected chi connectivity index (χ2v) is 7.15. The molecule has 0 aromatic heterocycles. The van der Waals surface area contributed by atoms with Crippen LogP contribution in [0.3, 0.4) is 0 Å². The lowest BCUT2D eigenvalue weighted by atomic mass is 10.2. The first-order valence-electron chi connectivity index (χ1n) is 6.98. The second-order valence-electron chi connectivity index (χ2n) is 5.42. The highest BCUT2D eigenvalue weighted by Crippen LogP contribution is 2.16. The van der Waals surface area contributed by atoms with Gasteiger partial charge in [0.15, 0.2) is 0 Å². The van der Waals surface area contributed by atoms with Crippen molar-refractivity contribution >= 4 is 10.0 Å². The third-order valence-corrected chi connectivity index (χ3v) is 5.08. The summed E-state index contributed by atoms with van der Waals surface area (Å²) in [5, 5.41) is 8.81. The van der Waals surface area contributed by atoms with E-state index in [1.165, 1.54) is 12.1 Å². The van der Waals surface area contributed by atoms with Crippen LogP contribution >= 0.6 is 0 Å². The molecule has 0 aliphatic heterocycles. The smallest absolute Gasteiger partial charge is 0.240 e. The highest BCUT2D eigenvalue weighted by molar-refractivity contribution is 7.89. The first-order chi connectivity index (χ1) is 9.77. The molecule has 5 nitrogen and oxygen atoms in total. The zero-order valence-electron chi connectivity index (χ0n) is 13.0. The van der Waals surface area contributed by atoms with Crippen LogP contribution in [0.4, 0.5) is 0 Å². The molecule has 6 heteroatoms. The van der Waals surface area contributed by atoms with E-state index in [0.29, 0.717) is 23.7 Å². The van der Waals surface area contributed by atoms with Crippen molar-refractivity contribution in [3.8, 4) is 6.07 Å². The molecule has 0 fully saturated rings. The molecule has 21 heavy (non-hydrogen) atoms. The van der Waals surface area contributed by atoms with E-state index in [0.717, 1.165) is 13.0 Å². The van der Waals surface area contributed by atoms with Gasteiger partial charge in [0.25, 0.3) is 0 Å². The summed E-state index contributed by atoms with van der Waals surface area (Å²) in [5.41, 5.74) is 1.05. The SMILES string of the molecule is Cc1cc(C#N)ccc1S(=O)(=O)NCCCN(C)C(C)C. The lowest BCUT2D eigenvalue weighted by Crippen LogP contribution is -2.31. The van der Waals surface area contributed by atoms with Crippen LogP contribution < -0.4 is 4.72 Å². The maximum absolute atomic E-state index is 12.2. The average molecular weight is 309 g/mol. The molecule has 0 atom stereocenters. The summed E-state index contributed by atoms with van der Waals surface area (Å²) in [6.45, 7) is 7.14. The van der Waals surface area contributed by atoms with E-state index < -0.39 is 10.0 Å². The summed E-state index contributed by atoms with van der Waals surface area (Å²) >= 11 is 0. The fraction of sp³-hybridized carbons (Fsp3) is 0.533. The number of sulfonamides is 1. The van der Waals surface area contributed by atoms with Crippen molar-refractivity contribution in [3.63, 3.8) is 0 Å². The number of benzene rings is 1. The van der Waals surface area contributed by atoms with Crippen molar-refractivity contribution in [1.29, 1.82) is 5.26 Å². The Morgan fingerprint density at radius 2 is 2.05 bits per heavy atom. The minimum absolute atomic E-state index is 0.235. The van der Waals surface area contributed by atoms with Gasteiger partial charge in [0.05, 0.1) is 16.5 Å². The molecule has 0 aliphatic carbocycles. The quantitative estimate of drug-likeness (QED) is 0.780. The summed E-state index contributed by atoms with van der Waals surface area (Å²) < 4.78 is 27.1. The van der Waals surface area contributed by atoms with E-state index in [9.17, 15) is 8.42 Å². The van der Waals surface area contributed by atoms with Crippen molar-refractivity contribution in [1.82, 2.24) is 9.62 Å². The Labute approximate surface area is 127 Å². The molecule has 1 N–H and O–H groups in total. The summed E-state index contributed by atoms with van der Waals surface area (Å²) in [4.78, 5) is 2.40. The van der Waals surface area contributed by atoms with Gasteiger partial charge in [-0.2, -0.15) is 5.26 Å². The van der Waals surface area contributed by atoms with Crippen LogP contribution in [0.15, 0.2) is 23.1 Å². The summed E-state index contributed by atoms with van der Waals surface area (Å²) in [7, 11) is -1.49. The monoisotopic (exact) mass is 309 g/mol. The summed E-state index contributed by atoms with van der Waals surface area (Å²) in [5.74, 6) is 0. The van der Waals surface area contributed by atoms with Crippen LogP contribution in [0.1, 0.15) is 31.4 Å². The third kappa shape index (κ3) is 5.12. The molecule has 0 heterocycles. The standard InChI is InChI=1S/C15H23N3O2S/c1-12(2)18(4)9-5-8-17-21(19,20)15-7-6-14(11-16)10-13(15)3/h6-7,10,12,17H,5,8-9H2,1-4H3. The van der Waals surface area contributed by atoms with Crippen molar-refractivity contribution in [2.24, 2.45) is 0 Å². The fourth-order valence-electron chi connectivity index (χ4n) is 1.89. The first-order valence-corrected chi connectivity index (χ1v) is 8.47. The Kier molecular flexibility index (Phi) is 6.34. The Morgan fingerprint density at radius 1 is 1.38 bits per heavy atom. The van der Waals surface area contributed by atoms with Gasteiger partial charge >= 0.3 is 0 Å². The predicted molar refractivity (Wildman–Crippen MR) is 83.5 cm³/mol. The van der Waals surface area contributed by atoms with Crippen molar-refractivity contribution in [3.05, 3.63) is 29.3 Å². The Morgan fingerprint density at radius 3 is 2.57 bits per heavy atom. The molecule has 0 spiro atoms.